The van der Waals surface area contributed by atoms with Crippen molar-refractivity contribution in [1.29, 1.82) is 0 Å². The average Bonchev–Trinajstić information content (AvgIpc) is 2.63. The summed E-state index contributed by atoms with van der Waals surface area (Å²) in [5.41, 5.74) is 0.303. The van der Waals surface area contributed by atoms with Gasteiger partial charge in [0.15, 0.2) is 0 Å². The number of nitrogens with zero attached hydrogens (tertiary/aromatic N) is 2. The monoisotopic (exact) mass is 327 g/mol. The van der Waals surface area contributed by atoms with E-state index in [-0.39, 0.29) is 12.5 Å². The van der Waals surface area contributed by atoms with E-state index < -0.39 is 5.67 Å². The minimum absolute atomic E-state index is 0.0147. The summed E-state index contributed by atoms with van der Waals surface area (Å²) in [6.07, 6.45) is 2.46. The van der Waals surface area contributed by atoms with Gasteiger partial charge in [-0.1, -0.05) is 24.3 Å². The molecule has 0 atom stereocenters. The molecule has 1 aliphatic heterocycles. The summed E-state index contributed by atoms with van der Waals surface area (Å²) in [6, 6.07) is 14.9. The average molecular weight is 327 g/mol. The van der Waals surface area contributed by atoms with E-state index in [4.69, 9.17) is 0 Å². The number of hydrogen-bond acceptors (Lipinski definition) is 3. The molecule has 3 rings (SSSR count). The van der Waals surface area contributed by atoms with Gasteiger partial charge in [0, 0.05) is 50.8 Å². The van der Waals surface area contributed by atoms with Crippen molar-refractivity contribution in [2.75, 3.05) is 19.6 Å². The van der Waals surface area contributed by atoms with Crippen molar-refractivity contribution in [2.45, 2.75) is 25.1 Å². The number of carbonyl (C=O) groups excluding carboxylic acids is 1. The third kappa shape index (κ3) is 4.17. The highest BCUT2D eigenvalue weighted by atomic mass is 19.1. The molecule has 0 radical (unpaired) electrons. The molecule has 126 valence electrons. The molecule has 0 spiro atoms. The molecule has 4 nitrogen and oxygen atoms in total. The molecule has 1 fully saturated rings. The van der Waals surface area contributed by atoms with Gasteiger partial charge in [-0.05, 0) is 24.3 Å². The molecule has 24 heavy (non-hydrogen) atoms. The number of alkyl halides is 1. The Balaban J connectivity index is 1.48. The fraction of sp³-hybridized carbons (Fsp3) is 0.368. The number of benzene rings is 1. The van der Waals surface area contributed by atoms with E-state index in [1.54, 1.807) is 23.2 Å². The van der Waals surface area contributed by atoms with Gasteiger partial charge in [0.1, 0.15) is 5.67 Å². The Morgan fingerprint density at radius 2 is 1.83 bits per heavy atom. The van der Waals surface area contributed by atoms with Crippen LogP contribution in [0.15, 0.2) is 54.7 Å². The second-order valence-electron chi connectivity index (χ2n) is 6.23. The standard InChI is InChI=1S/C19H22FN3O/c20-19(15-21-14-17-8-4-5-11-22-17)9-12-23(13-10-19)18(24)16-6-2-1-3-7-16/h1-8,11,21H,9-10,12-15H2. The molecular formula is C19H22FN3O. The summed E-state index contributed by atoms with van der Waals surface area (Å²) in [5.74, 6) is -0.0147. The van der Waals surface area contributed by atoms with Gasteiger partial charge in [-0.25, -0.2) is 4.39 Å². The zero-order chi connectivity index (χ0) is 16.8. The minimum atomic E-state index is -1.26. The van der Waals surface area contributed by atoms with E-state index in [0.717, 1.165) is 5.69 Å². The summed E-state index contributed by atoms with van der Waals surface area (Å²) in [4.78, 5) is 18.3. The first-order chi connectivity index (χ1) is 11.7. The van der Waals surface area contributed by atoms with Crippen LogP contribution in [0.25, 0.3) is 0 Å². The van der Waals surface area contributed by atoms with Gasteiger partial charge in [0.25, 0.3) is 5.91 Å². The van der Waals surface area contributed by atoms with Crippen molar-refractivity contribution < 1.29 is 9.18 Å². The predicted molar refractivity (Wildman–Crippen MR) is 91.4 cm³/mol. The quantitative estimate of drug-likeness (QED) is 0.918. The van der Waals surface area contributed by atoms with E-state index >= 15 is 0 Å². The second-order valence-corrected chi connectivity index (χ2v) is 6.23. The van der Waals surface area contributed by atoms with Crippen LogP contribution in [0.1, 0.15) is 28.9 Å². The van der Waals surface area contributed by atoms with Gasteiger partial charge >= 0.3 is 0 Å². The molecule has 1 amide bonds. The Morgan fingerprint density at radius 1 is 1.12 bits per heavy atom. The molecule has 0 unspecified atom stereocenters. The van der Waals surface area contributed by atoms with Gasteiger partial charge in [-0.15, -0.1) is 0 Å². The first kappa shape index (κ1) is 16.6. The van der Waals surface area contributed by atoms with Crippen LogP contribution in [0.5, 0.6) is 0 Å². The molecule has 5 heteroatoms. The number of carbonyl (C=O) groups is 1. The van der Waals surface area contributed by atoms with E-state index in [1.807, 2.05) is 36.4 Å². The summed E-state index contributed by atoms with van der Waals surface area (Å²) in [6.45, 7) is 1.75. The molecular weight excluding hydrogens is 305 g/mol. The largest absolute Gasteiger partial charge is 0.338 e. The molecule has 2 heterocycles. The van der Waals surface area contributed by atoms with Crippen molar-refractivity contribution in [3.8, 4) is 0 Å². The van der Waals surface area contributed by atoms with Gasteiger partial charge in [-0.3, -0.25) is 9.78 Å². The van der Waals surface area contributed by atoms with Crippen LogP contribution in [0.4, 0.5) is 4.39 Å². The Bertz CT molecular complexity index is 655. The molecule has 2 aromatic rings. The minimum Gasteiger partial charge on any atom is -0.338 e. The lowest BCUT2D eigenvalue weighted by Crippen LogP contribution is -2.48. The second kappa shape index (κ2) is 7.53. The molecule has 1 saturated heterocycles. The number of likely N-dealkylation sites (tertiary alicyclic amines) is 1. The van der Waals surface area contributed by atoms with Crippen LogP contribution >= 0.6 is 0 Å². The molecule has 0 aliphatic carbocycles. The SMILES string of the molecule is O=C(c1ccccc1)N1CCC(F)(CNCc2ccccn2)CC1. The van der Waals surface area contributed by atoms with Crippen LogP contribution in [-0.2, 0) is 6.54 Å². The lowest BCUT2D eigenvalue weighted by atomic mass is 9.92. The van der Waals surface area contributed by atoms with Crippen LogP contribution in [-0.4, -0.2) is 41.1 Å². The smallest absolute Gasteiger partial charge is 0.253 e. The Morgan fingerprint density at radius 3 is 2.50 bits per heavy atom. The highest BCUT2D eigenvalue weighted by Gasteiger charge is 2.35. The summed E-state index contributed by atoms with van der Waals surface area (Å²) >= 11 is 0. The summed E-state index contributed by atoms with van der Waals surface area (Å²) in [7, 11) is 0. The highest BCUT2D eigenvalue weighted by Crippen LogP contribution is 2.26. The molecule has 1 N–H and O–H groups in total. The van der Waals surface area contributed by atoms with Crippen LogP contribution < -0.4 is 5.32 Å². The first-order valence-corrected chi connectivity index (χ1v) is 8.30. The number of nitrogens with one attached hydrogen (secondary N) is 1. The number of hydrogen-bond donors (Lipinski definition) is 1. The lowest BCUT2D eigenvalue weighted by Gasteiger charge is -2.36. The highest BCUT2D eigenvalue weighted by molar-refractivity contribution is 5.94. The maximum absolute atomic E-state index is 14.9. The third-order valence-corrected chi connectivity index (χ3v) is 4.44. The van der Waals surface area contributed by atoms with Crippen molar-refractivity contribution in [2.24, 2.45) is 0 Å². The van der Waals surface area contributed by atoms with Gasteiger partial charge in [0.05, 0.1) is 5.69 Å². The fourth-order valence-electron chi connectivity index (χ4n) is 2.97. The maximum atomic E-state index is 14.9. The predicted octanol–water partition coefficient (Wildman–Crippen LogP) is 2.82. The number of aromatic nitrogens is 1. The Hall–Kier alpha value is -2.27. The fourth-order valence-corrected chi connectivity index (χ4v) is 2.97. The normalized spacial score (nSPS) is 16.8. The van der Waals surface area contributed by atoms with Gasteiger partial charge in [0.2, 0.25) is 0 Å². The number of pyridine rings is 1. The maximum Gasteiger partial charge on any atom is 0.253 e. The third-order valence-electron chi connectivity index (χ3n) is 4.44. The van der Waals surface area contributed by atoms with E-state index in [2.05, 4.69) is 10.3 Å². The van der Waals surface area contributed by atoms with Crippen LogP contribution in [0.2, 0.25) is 0 Å². The van der Waals surface area contributed by atoms with Crippen LogP contribution in [0.3, 0.4) is 0 Å². The van der Waals surface area contributed by atoms with Gasteiger partial charge in [-0.2, -0.15) is 0 Å². The number of amides is 1. The zero-order valence-corrected chi connectivity index (χ0v) is 13.6. The summed E-state index contributed by atoms with van der Waals surface area (Å²) < 4.78 is 14.9. The Kier molecular flexibility index (Phi) is 5.20. The zero-order valence-electron chi connectivity index (χ0n) is 13.6. The molecule has 1 aromatic heterocycles. The molecule has 1 aromatic carbocycles. The number of halogens is 1. The first-order valence-electron chi connectivity index (χ1n) is 8.30. The van der Waals surface area contributed by atoms with Crippen molar-refractivity contribution in [3.05, 3.63) is 66.0 Å². The van der Waals surface area contributed by atoms with Crippen molar-refractivity contribution in [3.63, 3.8) is 0 Å². The summed E-state index contributed by atoms with van der Waals surface area (Å²) in [5, 5.41) is 3.15. The Labute approximate surface area is 141 Å². The molecule has 1 aliphatic rings. The van der Waals surface area contributed by atoms with E-state index in [0.29, 0.717) is 38.0 Å². The topological polar surface area (TPSA) is 45.2 Å². The van der Waals surface area contributed by atoms with Crippen molar-refractivity contribution in [1.82, 2.24) is 15.2 Å². The molecule has 0 saturated carbocycles. The van der Waals surface area contributed by atoms with E-state index in [1.165, 1.54) is 0 Å². The van der Waals surface area contributed by atoms with Crippen LogP contribution in [0, 0.1) is 0 Å². The van der Waals surface area contributed by atoms with E-state index in [9.17, 15) is 9.18 Å². The van der Waals surface area contributed by atoms with Crippen molar-refractivity contribution >= 4 is 5.91 Å². The lowest BCUT2D eigenvalue weighted by molar-refractivity contribution is 0.0434. The number of piperidine rings is 1. The molecule has 0 bridgehead atoms. The number of rotatable bonds is 5. The van der Waals surface area contributed by atoms with Gasteiger partial charge < -0.3 is 10.2 Å².